The van der Waals surface area contributed by atoms with E-state index >= 15 is 0 Å². The van der Waals surface area contributed by atoms with Crippen LogP contribution in [0.15, 0.2) is 18.7 Å². The predicted molar refractivity (Wildman–Crippen MR) is 83.2 cm³/mol. The summed E-state index contributed by atoms with van der Waals surface area (Å²) in [4.78, 5) is 9.02. The second-order valence-electron chi connectivity index (χ2n) is 6.81. The molecule has 0 atom stereocenters. The first-order valence-electron chi connectivity index (χ1n) is 7.81. The SMILES string of the molecule is CC(C)(C)c1nc2c(n1CCCn1ccnc1)CCNC2. The van der Waals surface area contributed by atoms with Gasteiger partial charge in [-0.05, 0) is 6.42 Å². The zero-order valence-corrected chi connectivity index (χ0v) is 13.3. The Hall–Kier alpha value is -1.62. The first-order valence-corrected chi connectivity index (χ1v) is 7.81. The van der Waals surface area contributed by atoms with Crippen molar-refractivity contribution >= 4 is 0 Å². The zero-order valence-electron chi connectivity index (χ0n) is 13.3. The number of hydrogen-bond acceptors (Lipinski definition) is 3. The van der Waals surface area contributed by atoms with Gasteiger partial charge in [0.2, 0.25) is 0 Å². The summed E-state index contributed by atoms with van der Waals surface area (Å²) in [7, 11) is 0. The molecule has 1 aliphatic rings. The summed E-state index contributed by atoms with van der Waals surface area (Å²) in [5, 5.41) is 3.42. The molecule has 114 valence electrons. The van der Waals surface area contributed by atoms with Crippen LogP contribution in [0.5, 0.6) is 0 Å². The topological polar surface area (TPSA) is 47.7 Å². The van der Waals surface area contributed by atoms with Crippen LogP contribution in [0, 0.1) is 0 Å². The van der Waals surface area contributed by atoms with E-state index in [4.69, 9.17) is 4.98 Å². The molecule has 3 heterocycles. The van der Waals surface area contributed by atoms with Crippen molar-refractivity contribution in [2.45, 2.75) is 58.7 Å². The van der Waals surface area contributed by atoms with Gasteiger partial charge in [-0.1, -0.05) is 20.8 Å². The first kappa shape index (κ1) is 14.3. The van der Waals surface area contributed by atoms with Gasteiger partial charge in [-0.3, -0.25) is 0 Å². The smallest absolute Gasteiger partial charge is 0.114 e. The third-order valence-electron chi connectivity index (χ3n) is 4.01. The van der Waals surface area contributed by atoms with E-state index in [1.165, 1.54) is 17.2 Å². The van der Waals surface area contributed by atoms with E-state index < -0.39 is 0 Å². The van der Waals surface area contributed by atoms with E-state index in [0.29, 0.717) is 0 Å². The van der Waals surface area contributed by atoms with Gasteiger partial charge in [0.15, 0.2) is 0 Å². The molecule has 0 spiro atoms. The lowest BCUT2D eigenvalue weighted by atomic mass is 9.95. The Morgan fingerprint density at radius 3 is 2.86 bits per heavy atom. The molecule has 0 aromatic carbocycles. The van der Waals surface area contributed by atoms with Gasteiger partial charge in [-0.25, -0.2) is 9.97 Å². The molecule has 5 heteroatoms. The maximum Gasteiger partial charge on any atom is 0.114 e. The fourth-order valence-corrected chi connectivity index (χ4v) is 3.01. The van der Waals surface area contributed by atoms with Crippen LogP contribution in [-0.4, -0.2) is 25.6 Å². The number of aromatic nitrogens is 4. The van der Waals surface area contributed by atoms with Crippen molar-refractivity contribution in [1.82, 2.24) is 24.4 Å². The molecule has 21 heavy (non-hydrogen) atoms. The van der Waals surface area contributed by atoms with E-state index in [2.05, 4.69) is 40.2 Å². The largest absolute Gasteiger partial charge is 0.337 e. The number of aryl methyl sites for hydroxylation is 1. The molecule has 0 saturated carbocycles. The number of nitrogens with one attached hydrogen (secondary N) is 1. The van der Waals surface area contributed by atoms with Crippen molar-refractivity contribution in [3.8, 4) is 0 Å². The summed E-state index contributed by atoms with van der Waals surface area (Å²) < 4.78 is 4.61. The molecule has 0 bridgehead atoms. The lowest BCUT2D eigenvalue weighted by Crippen LogP contribution is -2.25. The summed E-state index contributed by atoms with van der Waals surface area (Å²) in [6.45, 7) is 10.8. The molecule has 0 radical (unpaired) electrons. The highest BCUT2D eigenvalue weighted by atomic mass is 15.1. The van der Waals surface area contributed by atoms with Crippen molar-refractivity contribution in [1.29, 1.82) is 0 Å². The number of imidazole rings is 2. The fourth-order valence-electron chi connectivity index (χ4n) is 3.01. The molecule has 0 unspecified atom stereocenters. The van der Waals surface area contributed by atoms with Crippen LogP contribution in [0.3, 0.4) is 0 Å². The minimum absolute atomic E-state index is 0.0896. The standard InChI is InChI=1S/C16H25N5/c1-16(2,3)15-19-13-11-17-6-5-14(13)21(15)9-4-8-20-10-7-18-12-20/h7,10,12,17H,4-6,8-9,11H2,1-3H3. The van der Waals surface area contributed by atoms with E-state index in [1.54, 1.807) is 0 Å². The van der Waals surface area contributed by atoms with Gasteiger partial charge in [0.05, 0.1) is 12.0 Å². The highest BCUT2D eigenvalue weighted by Crippen LogP contribution is 2.26. The average molecular weight is 287 g/mol. The van der Waals surface area contributed by atoms with Crippen molar-refractivity contribution in [3.05, 3.63) is 35.9 Å². The molecule has 2 aromatic rings. The molecule has 3 rings (SSSR count). The Morgan fingerprint density at radius 2 is 2.14 bits per heavy atom. The van der Waals surface area contributed by atoms with E-state index in [0.717, 1.165) is 39.0 Å². The molecule has 0 amide bonds. The third-order valence-corrected chi connectivity index (χ3v) is 4.01. The zero-order chi connectivity index (χ0) is 14.9. The second kappa shape index (κ2) is 5.64. The average Bonchev–Trinajstić information content (AvgIpc) is 3.06. The maximum absolute atomic E-state index is 4.92. The Kier molecular flexibility index (Phi) is 3.85. The molecule has 1 aliphatic heterocycles. The fraction of sp³-hybridized carbons (Fsp3) is 0.625. The van der Waals surface area contributed by atoms with Gasteiger partial charge in [0.1, 0.15) is 5.82 Å². The summed E-state index contributed by atoms with van der Waals surface area (Å²) >= 11 is 0. The Balaban J connectivity index is 1.80. The molecule has 2 aromatic heterocycles. The molecule has 0 fully saturated rings. The minimum Gasteiger partial charge on any atom is -0.337 e. The predicted octanol–water partition coefficient (Wildman–Crippen LogP) is 2.11. The molecule has 5 nitrogen and oxygen atoms in total. The summed E-state index contributed by atoms with van der Waals surface area (Å²) in [5.41, 5.74) is 2.77. The molecular weight excluding hydrogens is 262 g/mol. The summed E-state index contributed by atoms with van der Waals surface area (Å²) in [6.07, 6.45) is 7.94. The summed E-state index contributed by atoms with van der Waals surface area (Å²) in [5.74, 6) is 1.22. The van der Waals surface area contributed by atoms with Gasteiger partial charge in [0.25, 0.3) is 0 Å². The Morgan fingerprint density at radius 1 is 1.29 bits per heavy atom. The summed E-state index contributed by atoms with van der Waals surface area (Å²) in [6, 6.07) is 0. The molecule has 0 aliphatic carbocycles. The van der Waals surface area contributed by atoms with Crippen LogP contribution in [0.25, 0.3) is 0 Å². The quantitative estimate of drug-likeness (QED) is 0.937. The molecule has 1 N–H and O–H groups in total. The van der Waals surface area contributed by atoms with Gasteiger partial charge < -0.3 is 14.5 Å². The van der Waals surface area contributed by atoms with Crippen molar-refractivity contribution < 1.29 is 0 Å². The normalized spacial score (nSPS) is 15.2. The van der Waals surface area contributed by atoms with E-state index in [-0.39, 0.29) is 5.41 Å². The van der Waals surface area contributed by atoms with Crippen LogP contribution in [0.4, 0.5) is 0 Å². The molecular formula is C16H25N5. The van der Waals surface area contributed by atoms with E-state index in [9.17, 15) is 0 Å². The van der Waals surface area contributed by atoms with Crippen molar-refractivity contribution in [2.75, 3.05) is 6.54 Å². The number of nitrogens with zero attached hydrogens (tertiary/aromatic N) is 4. The van der Waals surface area contributed by atoms with E-state index in [1.807, 2.05) is 18.7 Å². The van der Waals surface area contributed by atoms with Crippen LogP contribution in [0.2, 0.25) is 0 Å². The van der Waals surface area contributed by atoms with Crippen LogP contribution in [0.1, 0.15) is 44.4 Å². The number of rotatable bonds is 4. The van der Waals surface area contributed by atoms with Gasteiger partial charge in [0, 0.05) is 56.1 Å². The lowest BCUT2D eigenvalue weighted by molar-refractivity contribution is 0.466. The molecule has 0 saturated heterocycles. The van der Waals surface area contributed by atoms with Gasteiger partial charge in [-0.15, -0.1) is 0 Å². The van der Waals surface area contributed by atoms with Crippen molar-refractivity contribution in [3.63, 3.8) is 0 Å². The Labute approximate surface area is 126 Å². The third kappa shape index (κ3) is 3.02. The Bertz CT molecular complexity index is 589. The van der Waals surface area contributed by atoms with Gasteiger partial charge >= 0.3 is 0 Å². The highest BCUT2D eigenvalue weighted by Gasteiger charge is 2.26. The van der Waals surface area contributed by atoms with Crippen LogP contribution in [-0.2, 0) is 31.5 Å². The highest BCUT2D eigenvalue weighted by molar-refractivity contribution is 5.23. The number of fused-ring (bicyclic) bond motifs is 1. The van der Waals surface area contributed by atoms with Gasteiger partial charge in [-0.2, -0.15) is 0 Å². The second-order valence-corrected chi connectivity index (χ2v) is 6.81. The van der Waals surface area contributed by atoms with Crippen LogP contribution >= 0.6 is 0 Å². The lowest BCUT2D eigenvalue weighted by Gasteiger charge is -2.22. The van der Waals surface area contributed by atoms with Crippen LogP contribution < -0.4 is 5.32 Å². The maximum atomic E-state index is 4.92. The number of hydrogen-bond donors (Lipinski definition) is 1. The monoisotopic (exact) mass is 287 g/mol. The van der Waals surface area contributed by atoms with Crippen molar-refractivity contribution in [2.24, 2.45) is 0 Å². The first-order chi connectivity index (χ1) is 10.1. The minimum atomic E-state index is 0.0896.